The summed E-state index contributed by atoms with van der Waals surface area (Å²) in [6, 6.07) is 20.1. The predicted molar refractivity (Wildman–Crippen MR) is 117 cm³/mol. The zero-order valence-electron chi connectivity index (χ0n) is 15.3. The van der Waals surface area contributed by atoms with Crippen LogP contribution in [-0.4, -0.2) is 26.1 Å². The summed E-state index contributed by atoms with van der Waals surface area (Å²) in [6.45, 7) is 1.94. The first-order chi connectivity index (χ1) is 13.9. The van der Waals surface area contributed by atoms with Gasteiger partial charge in [-0.1, -0.05) is 50.9 Å². The number of hydrogen-bond acceptors (Lipinski definition) is 3. The Morgan fingerprint density at radius 2 is 1.72 bits per heavy atom. The molecule has 0 saturated carbocycles. The van der Waals surface area contributed by atoms with Crippen molar-refractivity contribution in [2.45, 2.75) is 6.92 Å². The lowest BCUT2D eigenvalue weighted by Crippen LogP contribution is -2.03. The van der Waals surface area contributed by atoms with Crippen molar-refractivity contribution in [3.05, 3.63) is 87.4 Å². The summed E-state index contributed by atoms with van der Waals surface area (Å²) in [6.07, 6.45) is 0. The molecular formula is C22H15BrClN3O2. The van der Waals surface area contributed by atoms with Crippen molar-refractivity contribution in [1.29, 1.82) is 0 Å². The van der Waals surface area contributed by atoms with Crippen LogP contribution in [0.5, 0.6) is 0 Å². The van der Waals surface area contributed by atoms with Gasteiger partial charge in [-0.25, -0.2) is 9.48 Å². The first-order valence-electron chi connectivity index (χ1n) is 8.76. The second kappa shape index (κ2) is 7.81. The van der Waals surface area contributed by atoms with Gasteiger partial charge in [-0.3, -0.25) is 0 Å². The quantitative estimate of drug-likeness (QED) is 0.397. The van der Waals surface area contributed by atoms with Crippen LogP contribution in [0.15, 0.2) is 71.2 Å². The van der Waals surface area contributed by atoms with Crippen LogP contribution in [0.3, 0.4) is 0 Å². The standard InChI is InChI=1S/C22H15BrClN3O2/c1-13-2-3-15(22(28)29)12-19(13)21-20(14-4-8-17(24)9-5-14)25-26-27(21)18-10-6-16(23)7-11-18/h2-12H,1H3,(H,28,29). The van der Waals surface area contributed by atoms with E-state index >= 15 is 0 Å². The van der Waals surface area contributed by atoms with Gasteiger partial charge in [0.2, 0.25) is 0 Å². The lowest BCUT2D eigenvalue weighted by molar-refractivity contribution is 0.0697. The Labute approximate surface area is 180 Å². The van der Waals surface area contributed by atoms with Crippen molar-refractivity contribution in [3.63, 3.8) is 0 Å². The molecule has 3 aromatic carbocycles. The highest BCUT2D eigenvalue weighted by molar-refractivity contribution is 9.10. The number of aromatic nitrogens is 3. The molecule has 144 valence electrons. The Hall–Kier alpha value is -2.96. The van der Waals surface area contributed by atoms with E-state index in [0.29, 0.717) is 10.7 Å². The summed E-state index contributed by atoms with van der Waals surface area (Å²) in [5, 5.41) is 18.9. The molecule has 0 aliphatic heterocycles. The Balaban J connectivity index is 2.00. The van der Waals surface area contributed by atoms with Gasteiger partial charge >= 0.3 is 5.97 Å². The molecule has 1 aromatic heterocycles. The Morgan fingerprint density at radius 1 is 1.03 bits per heavy atom. The van der Waals surface area contributed by atoms with Gasteiger partial charge in [0.1, 0.15) is 11.4 Å². The fourth-order valence-electron chi connectivity index (χ4n) is 3.10. The molecule has 1 N–H and O–H groups in total. The monoisotopic (exact) mass is 467 g/mol. The maximum Gasteiger partial charge on any atom is 0.335 e. The predicted octanol–water partition coefficient (Wildman–Crippen LogP) is 6.02. The first kappa shape index (κ1) is 19.4. The first-order valence-corrected chi connectivity index (χ1v) is 9.93. The third-order valence-corrected chi connectivity index (χ3v) is 5.38. The van der Waals surface area contributed by atoms with E-state index in [1.807, 2.05) is 43.3 Å². The second-order valence-electron chi connectivity index (χ2n) is 6.52. The van der Waals surface area contributed by atoms with Gasteiger partial charge in [-0.15, -0.1) is 5.10 Å². The van der Waals surface area contributed by atoms with E-state index in [1.165, 1.54) is 0 Å². The molecule has 4 rings (SSSR count). The average molecular weight is 469 g/mol. The van der Waals surface area contributed by atoms with Gasteiger partial charge in [0.15, 0.2) is 0 Å². The molecule has 4 aromatic rings. The Morgan fingerprint density at radius 3 is 2.38 bits per heavy atom. The summed E-state index contributed by atoms with van der Waals surface area (Å²) in [5.41, 5.74) is 4.90. The van der Waals surface area contributed by atoms with Gasteiger partial charge in [0.05, 0.1) is 11.3 Å². The SMILES string of the molecule is Cc1ccc(C(=O)O)cc1-c1c(-c2ccc(Cl)cc2)nnn1-c1ccc(Br)cc1. The lowest BCUT2D eigenvalue weighted by Gasteiger charge is -2.12. The van der Waals surface area contributed by atoms with E-state index in [2.05, 4.69) is 26.2 Å². The van der Waals surface area contributed by atoms with Crippen molar-refractivity contribution < 1.29 is 9.90 Å². The lowest BCUT2D eigenvalue weighted by atomic mass is 9.98. The van der Waals surface area contributed by atoms with Crippen LogP contribution in [-0.2, 0) is 0 Å². The molecule has 0 amide bonds. The van der Waals surface area contributed by atoms with Crippen molar-refractivity contribution >= 4 is 33.5 Å². The molecule has 0 aliphatic carbocycles. The molecule has 0 saturated heterocycles. The maximum absolute atomic E-state index is 11.6. The molecule has 0 spiro atoms. The minimum absolute atomic E-state index is 0.205. The van der Waals surface area contributed by atoms with E-state index < -0.39 is 5.97 Å². The van der Waals surface area contributed by atoms with Crippen molar-refractivity contribution in [3.8, 4) is 28.2 Å². The van der Waals surface area contributed by atoms with Crippen LogP contribution in [0.1, 0.15) is 15.9 Å². The highest BCUT2D eigenvalue weighted by atomic mass is 79.9. The number of carbonyl (C=O) groups is 1. The van der Waals surface area contributed by atoms with Gasteiger partial charge in [-0.05, 0) is 61.0 Å². The zero-order valence-corrected chi connectivity index (χ0v) is 17.6. The number of nitrogens with zero attached hydrogens (tertiary/aromatic N) is 3. The minimum atomic E-state index is -0.984. The number of carboxylic acids is 1. The fourth-order valence-corrected chi connectivity index (χ4v) is 3.49. The number of aromatic carboxylic acids is 1. The Kier molecular flexibility index (Phi) is 5.22. The average Bonchev–Trinajstić information content (AvgIpc) is 3.14. The van der Waals surface area contributed by atoms with E-state index in [0.717, 1.165) is 32.5 Å². The molecule has 0 unspecified atom stereocenters. The third kappa shape index (κ3) is 3.81. The number of aryl methyl sites for hydroxylation is 1. The normalized spacial score (nSPS) is 10.9. The number of rotatable bonds is 4. The molecule has 0 radical (unpaired) electrons. The smallest absolute Gasteiger partial charge is 0.335 e. The molecule has 29 heavy (non-hydrogen) atoms. The highest BCUT2D eigenvalue weighted by Gasteiger charge is 2.21. The number of benzene rings is 3. The highest BCUT2D eigenvalue weighted by Crippen LogP contribution is 2.35. The number of carboxylic acid groups (broad SMARTS) is 1. The summed E-state index contributed by atoms with van der Waals surface area (Å²) in [4.78, 5) is 11.6. The van der Waals surface area contributed by atoms with Crippen molar-refractivity contribution in [1.82, 2.24) is 15.0 Å². The molecular weight excluding hydrogens is 454 g/mol. The molecule has 0 fully saturated rings. The van der Waals surface area contributed by atoms with Crippen LogP contribution in [0.4, 0.5) is 0 Å². The van der Waals surface area contributed by atoms with E-state index in [4.69, 9.17) is 11.6 Å². The molecule has 5 nitrogen and oxygen atoms in total. The summed E-state index contributed by atoms with van der Waals surface area (Å²) >= 11 is 9.49. The number of hydrogen-bond donors (Lipinski definition) is 1. The van der Waals surface area contributed by atoms with Crippen molar-refractivity contribution in [2.75, 3.05) is 0 Å². The van der Waals surface area contributed by atoms with Crippen molar-refractivity contribution in [2.24, 2.45) is 0 Å². The van der Waals surface area contributed by atoms with Gasteiger partial charge in [-0.2, -0.15) is 0 Å². The topological polar surface area (TPSA) is 68.0 Å². The van der Waals surface area contributed by atoms with E-state index in [1.54, 1.807) is 35.0 Å². The van der Waals surface area contributed by atoms with Gasteiger partial charge < -0.3 is 5.11 Å². The Bertz CT molecular complexity index is 1140. The molecule has 7 heteroatoms. The number of halogens is 2. The van der Waals surface area contributed by atoms with E-state index in [-0.39, 0.29) is 5.56 Å². The van der Waals surface area contributed by atoms with Crippen LogP contribution in [0.2, 0.25) is 5.02 Å². The largest absolute Gasteiger partial charge is 0.478 e. The summed E-state index contributed by atoms with van der Waals surface area (Å²) < 4.78 is 2.68. The molecule has 1 heterocycles. The van der Waals surface area contributed by atoms with Gasteiger partial charge in [0.25, 0.3) is 0 Å². The molecule has 0 bridgehead atoms. The fraction of sp³-hybridized carbons (Fsp3) is 0.0455. The van der Waals surface area contributed by atoms with Gasteiger partial charge in [0, 0.05) is 20.6 Å². The zero-order chi connectivity index (χ0) is 20.5. The van der Waals surface area contributed by atoms with E-state index in [9.17, 15) is 9.90 Å². The minimum Gasteiger partial charge on any atom is -0.478 e. The third-order valence-electron chi connectivity index (χ3n) is 4.60. The maximum atomic E-state index is 11.6. The molecule has 0 atom stereocenters. The summed E-state index contributed by atoms with van der Waals surface area (Å²) in [5.74, 6) is -0.984. The van der Waals surface area contributed by atoms with Crippen LogP contribution in [0.25, 0.3) is 28.2 Å². The second-order valence-corrected chi connectivity index (χ2v) is 7.87. The van der Waals surface area contributed by atoms with Crippen LogP contribution >= 0.6 is 27.5 Å². The summed E-state index contributed by atoms with van der Waals surface area (Å²) in [7, 11) is 0. The molecule has 0 aliphatic rings. The van der Waals surface area contributed by atoms with Crippen LogP contribution < -0.4 is 0 Å². The van der Waals surface area contributed by atoms with Crippen LogP contribution in [0, 0.1) is 6.92 Å².